The van der Waals surface area contributed by atoms with E-state index in [0.29, 0.717) is 17.4 Å². The summed E-state index contributed by atoms with van der Waals surface area (Å²) in [5.41, 5.74) is 6.31. The van der Waals surface area contributed by atoms with Crippen LogP contribution in [0, 0.1) is 5.92 Å². The molecule has 0 aromatic heterocycles. The molecule has 0 radical (unpaired) electrons. The lowest BCUT2D eigenvalue weighted by atomic mass is 10.00. The Morgan fingerprint density at radius 1 is 1.42 bits per heavy atom. The third kappa shape index (κ3) is 3.88. The maximum Gasteiger partial charge on any atom is 0.258 e. The zero-order chi connectivity index (χ0) is 13.7. The minimum atomic E-state index is -0.0809. The molecule has 1 amide bonds. The molecular formula is C15H22N2O2. The van der Waals surface area contributed by atoms with Gasteiger partial charge in [0.05, 0.1) is 5.69 Å². The number of rotatable bonds is 5. The summed E-state index contributed by atoms with van der Waals surface area (Å²) in [6, 6.07) is 7.43. The number of nitrogens with one attached hydrogen (secondary N) is 1. The van der Waals surface area contributed by atoms with Crippen LogP contribution in [0.25, 0.3) is 0 Å². The Hall–Kier alpha value is -1.71. The number of nitrogen functional groups attached to an aromatic ring is 1. The first-order chi connectivity index (χ1) is 9.16. The minimum Gasteiger partial charge on any atom is -0.482 e. The maximum atomic E-state index is 11.8. The second-order valence-electron chi connectivity index (χ2n) is 5.23. The number of amides is 1. The number of carbonyl (C=O) groups excluding carboxylic acids is 1. The molecule has 0 bridgehead atoms. The first-order valence-corrected chi connectivity index (χ1v) is 6.93. The van der Waals surface area contributed by atoms with E-state index in [1.165, 1.54) is 25.7 Å². The van der Waals surface area contributed by atoms with Crippen LogP contribution in [0.4, 0.5) is 5.69 Å². The predicted octanol–water partition coefficient (Wildman–Crippen LogP) is 2.34. The minimum absolute atomic E-state index is 0.0191. The van der Waals surface area contributed by atoms with Gasteiger partial charge in [0, 0.05) is 6.04 Å². The molecule has 0 heterocycles. The van der Waals surface area contributed by atoms with Crippen LogP contribution >= 0.6 is 0 Å². The van der Waals surface area contributed by atoms with E-state index >= 15 is 0 Å². The summed E-state index contributed by atoms with van der Waals surface area (Å²) in [6.45, 7) is 2.09. The van der Waals surface area contributed by atoms with Crippen molar-refractivity contribution in [3.63, 3.8) is 0 Å². The number of hydrogen-bond donors (Lipinski definition) is 2. The molecule has 104 valence electrons. The first kappa shape index (κ1) is 13.7. The van der Waals surface area contributed by atoms with E-state index in [-0.39, 0.29) is 18.6 Å². The fraction of sp³-hybridized carbons (Fsp3) is 0.533. The number of hydrogen-bond acceptors (Lipinski definition) is 3. The fourth-order valence-electron chi connectivity index (χ4n) is 2.63. The van der Waals surface area contributed by atoms with Crippen LogP contribution in [-0.2, 0) is 4.79 Å². The van der Waals surface area contributed by atoms with Crippen molar-refractivity contribution in [1.29, 1.82) is 0 Å². The quantitative estimate of drug-likeness (QED) is 0.801. The lowest BCUT2D eigenvalue weighted by Gasteiger charge is -2.20. The Kier molecular flexibility index (Phi) is 4.66. The van der Waals surface area contributed by atoms with E-state index in [2.05, 4.69) is 12.2 Å². The number of anilines is 1. The molecule has 3 N–H and O–H groups in total. The van der Waals surface area contributed by atoms with Crippen molar-refractivity contribution in [3.8, 4) is 5.75 Å². The Morgan fingerprint density at radius 3 is 2.79 bits per heavy atom. The molecule has 0 spiro atoms. The number of ether oxygens (including phenoxy) is 1. The molecule has 0 saturated heterocycles. The van der Waals surface area contributed by atoms with Crippen molar-refractivity contribution in [2.45, 2.75) is 38.6 Å². The molecule has 4 nitrogen and oxygen atoms in total. The summed E-state index contributed by atoms with van der Waals surface area (Å²) in [5.74, 6) is 1.10. The van der Waals surface area contributed by atoms with Gasteiger partial charge in [-0.05, 0) is 37.8 Å². The van der Waals surface area contributed by atoms with Crippen molar-refractivity contribution < 1.29 is 9.53 Å². The standard InChI is InChI=1S/C15H22N2O2/c1-11(12-6-2-3-7-12)17-15(18)10-19-14-9-5-4-8-13(14)16/h4-5,8-9,11-12H,2-3,6-7,10,16H2,1H3,(H,17,18). The second kappa shape index (κ2) is 6.45. The van der Waals surface area contributed by atoms with E-state index in [1.54, 1.807) is 12.1 Å². The number of para-hydroxylation sites is 2. The van der Waals surface area contributed by atoms with Crippen LogP contribution < -0.4 is 15.8 Å². The highest BCUT2D eigenvalue weighted by atomic mass is 16.5. The molecule has 1 unspecified atom stereocenters. The Bertz CT molecular complexity index is 428. The van der Waals surface area contributed by atoms with Gasteiger partial charge in [-0.25, -0.2) is 0 Å². The normalized spacial score (nSPS) is 17.1. The lowest BCUT2D eigenvalue weighted by molar-refractivity contribution is -0.124. The highest BCUT2D eigenvalue weighted by Gasteiger charge is 2.22. The zero-order valence-electron chi connectivity index (χ0n) is 11.4. The third-order valence-corrected chi connectivity index (χ3v) is 3.77. The topological polar surface area (TPSA) is 64.3 Å². The molecule has 1 aromatic carbocycles. The third-order valence-electron chi connectivity index (χ3n) is 3.77. The van der Waals surface area contributed by atoms with Crippen LogP contribution in [0.5, 0.6) is 5.75 Å². The van der Waals surface area contributed by atoms with Crippen molar-refractivity contribution in [2.24, 2.45) is 5.92 Å². The van der Waals surface area contributed by atoms with E-state index in [9.17, 15) is 4.79 Å². The molecule has 1 fully saturated rings. The van der Waals surface area contributed by atoms with Gasteiger partial charge in [-0.3, -0.25) is 4.79 Å². The average Bonchev–Trinajstić information content (AvgIpc) is 2.91. The van der Waals surface area contributed by atoms with Gasteiger partial charge in [-0.2, -0.15) is 0 Å². The van der Waals surface area contributed by atoms with Crippen LogP contribution in [0.15, 0.2) is 24.3 Å². The summed E-state index contributed by atoms with van der Waals surface area (Å²) < 4.78 is 5.43. The molecule has 1 atom stereocenters. The molecule has 1 aromatic rings. The highest BCUT2D eigenvalue weighted by molar-refractivity contribution is 5.78. The van der Waals surface area contributed by atoms with Gasteiger partial charge in [-0.1, -0.05) is 25.0 Å². The summed E-state index contributed by atoms with van der Waals surface area (Å²) in [4.78, 5) is 11.8. The second-order valence-corrected chi connectivity index (χ2v) is 5.23. The monoisotopic (exact) mass is 262 g/mol. The fourth-order valence-corrected chi connectivity index (χ4v) is 2.63. The summed E-state index contributed by atoms with van der Waals surface area (Å²) >= 11 is 0. The van der Waals surface area contributed by atoms with Crippen molar-refractivity contribution in [1.82, 2.24) is 5.32 Å². The summed E-state index contributed by atoms with van der Waals surface area (Å²) in [6.07, 6.45) is 4.99. The smallest absolute Gasteiger partial charge is 0.258 e. The van der Waals surface area contributed by atoms with E-state index in [4.69, 9.17) is 10.5 Å². The van der Waals surface area contributed by atoms with Gasteiger partial charge in [0.25, 0.3) is 5.91 Å². The van der Waals surface area contributed by atoms with Crippen LogP contribution in [-0.4, -0.2) is 18.6 Å². The van der Waals surface area contributed by atoms with E-state index < -0.39 is 0 Å². The van der Waals surface area contributed by atoms with Gasteiger partial charge >= 0.3 is 0 Å². The van der Waals surface area contributed by atoms with Gasteiger partial charge < -0.3 is 15.8 Å². The van der Waals surface area contributed by atoms with Crippen molar-refractivity contribution in [2.75, 3.05) is 12.3 Å². The van der Waals surface area contributed by atoms with Gasteiger partial charge in [0.15, 0.2) is 6.61 Å². The van der Waals surface area contributed by atoms with Gasteiger partial charge in [0.2, 0.25) is 0 Å². The molecule has 0 aliphatic heterocycles. The molecule has 1 aliphatic carbocycles. The van der Waals surface area contributed by atoms with Crippen LogP contribution in [0.3, 0.4) is 0 Å². The molecule has 2 rings (SSSR count). The van der Waals surface area contributed by atoms with E-state index in [1.807, 2.05) is 12.1 Å². The Morgan fingerprint density at radius 2 is 2.11 bits per heavy atom. The average molecular weight is 262 g/mol. The first-order valence-electron chi connectivity index (χ1n) is 6.93. The number of carbonyl (C=O) groups is 1. The molecule has 1 aliphatic rings. The Balaban J connectivity index is 1.77. The SMILES string of the molecule is CC(NC(=O)COc1ccccc1N)C1CCCC1. The molecule has 4 heteroatoms. The highest BCUT2D eigenvalue weighted by Crippen LogP contribution is 2.27. The van der Waals surface area contributed by atoms with E-state index in [0.717, 1.165) is 0 Å². The molecular weight excluding hydrogens is 240 g/mol. The van der Waals surface area contributed by atoms with Crippen LogP contribution in [0.2, 0.25) is 0 Å². The maximum absolute atomic E-state index is 11.8. The largest absolute Gasteiger partial charge is 0.482 e. The van der Waals surface area contributed by atoms with Crippen LogP contribution in [0.1, 0.15) is 32.6 Å². The molecule has 19 heavy (non-hydrogen) atoms. The van der Waals surface area contributed by atoms with Crippen molar-refractivity contribution in [3.05, 3.63) is 24.3 Å². The predicted molar refractivity (Wildman–Crippen MR) is 75.9 cm³/mol. The molecule has 1 saturated carbocycles. The van der Waals surface area contributed by atoms with Gasteiger partial charge in [-0.15, -0.1) is 0 Å². The van der Waals surface area contributed by atoms with Gasteiger partial charge in [0.1, 0.15) is 5.75 Å². The van der Waals surface area contributed by atoms with Crippen molar-refractivity contribution >= 4 is 11.6 Å². The number of benzene rings is 1. The zero-order valence-corrected chi connectivity index (χ0v) is 11.4. The summed E-state index contributed by atoms with van der Waals surface area (Å²) in [7, 11) is 0. The lowest BCUT2D eigenvalue weighted by Crippen LogP contribution is -2.39. The number of nitrogens with two attached hydrogens (primary N) is 1. The summed E-state index contributed by atoms with van der Waals surface area (Å²) in [5, 5.41) is 3.01. The Labute approximate surface area is 114 Å².